The molecule has 3 heterocycles. The highest BCUT2D eigenvalue weighted by molar-refractivity contribution is 6.07. The van der Waals surface area contributed by atoms with E-state index < -0.39 is 28.4 Å². The Balaban J connectivity index is 0.000000206. The Morgan fingerprint density at radius 2 is 1.23 bits per heavy atom. The lowest BCUT2D eigenvalue weighted by atomic mass is 9.86. The van der Waals surface area contributed by atoms with Gasteiger partial charge in [-0.2, -0.15) is 5.21 Å². The molecule has 6 aromatic carbocycles. The molecule has 0 aliphatic carbocycles. The number of amides is 2. The number of carbonyl (C=O) groups is 3. The van der Waals surface area contributed by atoms with Gasteiger partial charge in [-0.25, -0.2) is 19.2 Å². The number of benzene rings is 6. The van der Waals surface area contributed by atoms with Crippen LogP contribution in [0.15, 0.2) is 162 Å². The number of para-hydroxylation sites is 1. The van der Waals surface area contributed by atoms with Gasteiger partial charge in [0.25, 0.3) is 22.9 Å². The molecule has 19 heteroatoms. The second kappa shape index (κ2) is 22.5. The van der Waals surface area contributed by atoms with E-state index in [1.807, 2.05) is 70.2 Å². The summed E-state index contributed by atoms with van der Waals surface area (Å²) < 4.78 is 18.9. The molecule has 0 atom stereocenters. The average Bonchev–Trinajstić information content (AvgIpc) is 3.97. The summed E-state index contributed by atoms with van der Waals surface area (Å²) in [6.45, 7) is 13.8. The fourth-order valence-electron chi connectivity index (χ4n) is 8.40. The number of hydrogen-bond donors (Lipinski definition) is 5. The van der Waals surface area contributed by atoms with Crippen LogP contribution in [0.1, 0.15) is 83.7 Å². The summed E-state index contributed by atoms with van der Waals surface area (Å²) in [4.78, 5) is 74.3. The van der Waals surface area contributed by atoms with Crippen molar-refractivity contribution in [2.75, 3.05) is 20.9 Å². The average molecular weight is 1050 g/mol. The molecule has 0 saturated carbocycles. The van der Waals surface area contributed by atoms with Gasteiger partial charge >= 0.3 is 5.97 Å². The lowest BCUT2D eigenvalue weighted by Gasteiger charge is -2.36. The molecule has 0 fully saturated rings. The first-order chi connectivity index (χ1) is 37.1. The standard InChI is InChI=1S/C30H30N4O4.C29H27FN8O2/c1-18-21(10-8-12-23(18)33-27(35)19-13-15-20(16-14-19)30(2,3)4)25-17-34(5)28(36)26(32-25)31-24-11-7-6-9-22(24)29(37)38;1-29(2,3)38(27(39)19-9-6-5-7-10-19)23-12-8-11-21(24(23)30)22-17-37(4)28(40)26(32-22)31-20-15-13-18(14-16-20)25-33-35-36-34-25/h6-17H,1-5H3,(H,31,32)(H,33,35)(H,37,38);5-17H,1-4H3,(H,31,32)(H,33,34,35,36). The van der Waals surface area contributed by atoms with Crippen molar-refractivity contribution in [2.45, 2.75) is 59.4 Å². The molecule has 0 spiro atoms. The highest BCUT2D eigenvalue weighted by Gasteiger charge is 2.32. The number of anilines is 6. The monoisotopic (exact) mass is 1050 g/mol. The van der Waals surface area contributed by atoms with E-state index >= 15 is 4.39 Å². The molecule has 0 aliphatic rings. The zero-order chi connectivity index (χ0) is 56.1. The third-order valence-corrected chi connectivity index (χ3v) is 12.6. The first-order valence-corrected chi connectivity index (χ1v) is 24.6. The Bertz CT molecular complexity index is 3790. The minimum absolute atomic E-state index is 0.00782. The third-order valence-electron chi connectivity index (χ3n) is 12.6. The van der Waals surface area contributed by atoms with Crippen LogP contribution >= 0.6 is 0 Å². The Hall–Kier alpha value is -9.91. The highest BCUT2D eigenvalue weighted by atomic mass is 19.1. The number of carboxylic acids is 1. The Labute approximate surface area is 448 Å². The lowest BCUT2D eigenvalue weighted by Crippen LogP contribution is -2.46. The van der Waals surface area contributed by atoms with Crippen molar-refractivity contribution in [1.29, 1.82) is 0 Å². The number of H-pyrrole nitrogens is 1. The van der Waals surface area contributed by atoms with Gasteiger partial charge in [0.2, 0.25) is 5.82 Å². The van der Waals surface area contributed by atoms with Crippen LogP contribution in [0.25, 0.3) is 33.9 Å². The van der Waals surface area contributed by atoms with Gasteiger partial charge in [0, 0.05) is 71.2 Å². The molecule has 78 heavy (non-hydrogen) atoms. The van der Waals surface area contributed by atoms with Gasteiger partial charge < -0.3 is 35.1 Å². The normalized spacial score (nSPS) is 11.3. The number of aryl methyl sites for hydroxylation is 2. The Kier molecular flexibility index (Phi) is 15.7. The molecule has 9 aromatic rings. The predicted molar refractivity (Wildman–Crippen MR) is 300 cm³/mol. The molecule has 0 aliphatic heterocycles. The first-order valence-electron chi connectivity index (χ1n) is 24.6. The van der Waals surface area contributed by atoms with Crippen molar-refractivity contribution in [2.24, 2.45) is 14.1 Å². The minimum atomic E-state index is -1.12. The van der Waals surface area contributed by atoms with Crippen molar-refractivity contribution >= 4 is 52.2 Å². The predicted octanol–water partition coefficient (Wildman–Crippen LogP) is 10.7. The molecular weight excluding hydrogens is 992 g/mol. The molecule has 5 N–H and O–H groups in total. The van der Waals surface area contributed by atoms with Crippen LogP contribution in [0.3, 0.4) is 0 Å². The van der Waals surface area contributed by atoms with Gasteiger partial charge in [0.1, 0.15) is 0 Å². The summed E-state index contributed by atoms with van der Waals surface area (Å²) in [6.07, 6.45) is 3.07. The minimum Gasteiger partial charge on any atom is -0.478 e. The van der Waals surface area contributed by atoms with Crippen molar-refractivity contribution in [3.05, 3.63) is 206 Å². The molecule has 396 valence electrons. The SMILES string of the molecule is Cc1c(NC(=O)c2ccc(C(C)(C)C)cc2)cccc1-c1cn(C)c(=O)c(Nc2ccccc2C(=O)O)n1.Cn1cc(-c2cccc(N(C(=O)c3ccccc3)C(C)(C)C)c2F)nc(Nc2ccc(-c3nn[nH]n3)cc2)c1=O. The molecular formula is C59H57FN12O6. The van der Waals surface area contributed by atoms with Gasteiger partial charge in [0.15, 0.2) is 17.5 Å². The first kappa shape index (κ1) is 54.4. The van der Waals surface area contributed by atoms with E-state index in [-0.39, 0.29) is 57.1 Å². The van der Waals surface area contributed by atoms with Crippen LogP contribution in [0.4, 0.5) is 38.8 Å². The van der Waals surface area contributed by atoms with Crippen LogP contribution in [-0.2, 0) is 19.5 Å². The maximum Gasteiger partial charge on any atom is 0.337 e. The Morgan fingerprint density at radius 3 is 1.83 bits per heavy atom. The summed E-state index contributed by atoms with van der Waals surface area (Å²) >= 11 is 0. The number of carboxylic acid groups (broad SMARTS) is 1. The van der Waals surface area contributed by atoms with E-state index in [0.717, 1.165) is 22.3 Å². The van der Waals surface area contributed by atoms with Gasteiger partial charge in [-0.05, 0) is 128 Å². The van der Waals surface area contributed by atoms with Crippen LogP contribution in [0, 0.1) is 12.7 Å². The fourth-order valence-corrected chi connectivity index (χ4v) is 8.40. The number of aromatic amines is 1. The van der Waals surface area contributed by atoms with Crippen molar-refractivity contribution in [3.63, 3.8) is 0 Å². The summed E-state index contributed by atoms with van der Waals surface area (Å²) in [6, 6.07) is 39.9. The quantitative estimate of drug-likeness (QED) is 0.0767. The van der Waals surface area contributed by atoms with Crippen LogP contribution in [-0.4, -0.2) is 68.2 Å². The largest absolute Gasteiger partial charge is 0.478 e. The summed E-state index contributed by atoms with van der Waals surface area (Å²) in [5.74, 6) is -1.85. The molecule has 9 rings (SSSR count). The number of nitrogens with zero attached hydrogens (tertiary/aromatic N) is 8. The molecule has 0 saturated heterocycles. The van der Waals surface area contributed by atoms with Gasteiger partial charge in [-0.1, -0.05) is 81.4 Å². The number of hydrogen-bond acceptors (Lipinski definition) is 12. The Morgan fingerprint density at radius 1 is 0.654 bits per heavy atom. The highest BCUT2D eigenvalue weighted by Crippen LogP contribution is 2.35. The molecule has 18 nitrogen and oxygen atoms in total. The molecule has 0 bridgehead atoms. The smallest absolute Gasteiger partial charge is 0.337 e. The zero-order valence-electron chi connectivity index (χ0n) is 44.4. The van der Waals surface area contributed by atoms with E-state index in [1.54, 1.807) is 111 Å². The number of aromatic carboxylic acids is 1. The summed E-state index contributed by atoms with van der Waals surface area (Å²) in [7, 11) is 3.17. The van der Waals surface area contributed by atoms with E-state index in [4.69, 9.17) is 0 Å². The number of tetrazole rings is 1. The molecule has 3 aromatic heterocycles. The van der Waals surface area contributed by atoms with Crippen LogP contribution < -0.4 is 32.0 Å². The van der Waals surface area contributed by atoms with Crippen LogP contribution in [0.5, 0.6) is 0 Å². The van der Waals surface area contributed by atoms with Crippen molar-refractivity contribution < 1.29 is 23.9 Å². The van der Waals surface area contributed by atoms with Crippen LogP contribution in [0.2, 0.25) is 0 Å². The van der Waals surface area contributed by atoms with E-state index in [9.17, 15) is 29.1 Å². The maximum atomic E-state index is 16.2. The van der Waals surface area contributed by atoms with Crippen molar-refractivity contribution in [1.82, 2.24) is 39.7 Å². The number of nitrogens with one attached hydrogen (secondary N) is 4. The van der Waals surface area contributed by atoms with E-state index in [2.05, 4.69) is 67.3 Å². The molecule has 2 amide bonds. The summed E-state index contributed by atoms with van der Waals surface area (Å²) in [5.41, 5.74) is 5.31. The van der Waals surface area contributed by atoms with Crippen molar-refractivity contribution in [3.8, 4) is 33.9 Å². The van der Waals surface area contributed by atoms with E-state index in [0.29, 0.717) is 34.0 Å². The fraction of sp³-hybridized carbons (Fsp3) is 0.186. The number of aromatic nitrogens is 8. The number of halogens is 1. The topological polar surface area (TPSA) is 235 Å². The molecule has 0 unspecified atom stereocenters. The van der Waals surface area contributed by atoms with Gasteiger partial charge in [-0.3, -0.25) is 19.2 Å². The number of rotatable bonds is 12. The zero-order valence-corrected chi connectivity index (χ0v) is 44.4. The molecule has 0 radical (unpaired) electrons. The third kappa shape index (κ3) is 12.1. The second-order valence-corrected chi connectivity index (χ2v) is 20.3. The van der Waals surface area contributed by atoms with Gasteiger partial charge in [0.05, 0.1) is 28.3 Å². The maximum absolute atomic E-state index is 16.2. The number of carbonyl (C=O) groups excluding carboxylic acids is 2. The van der Waals surface area contributed by atoms with E-state index in [1.165, 1.54) is 26.3 Å². The second-order valence-electron chi connectivity index (χ2n) is 20.3. The lowest BCUT2D eigenvalue weighted by molar-refractivity contribution is 0.0697. The van der Waals surface area contributed by atoms with Gasteiger partial charge in [-0.15, -0.1) is 10.2 Å². The summed E-state index contributed by atoms with van der Waals surface area (Å²) in [5, 5.41) is 32.2.